The number of hydrogen-bond acceptors (Lipinski definition) is 4. The molecule has 0 amide bonds. The molecule has 0 fully saturated rings. The Morgan fingerprint density at radius 3 is 3.05 bits per heavy atom. The molecule has 4 nitrogen and oxygen atoms in total. The van der Waals surface area contributed by atoms with Crippen LogP contribution in [0.25, 0.3) is 0 Å². The van der Waals surface area contributed by atoms with E-state index in [0.717, 1.165) is 5.16 Å². The quantitative estimate of drug-likeness (QED) is 0.769. The Kier molecular flexibility index (Phi) is 5.18. The second-order valence-corrected chi connectivity index (χ2v) is 5.14. The highest BCUT2D eigenvalue weighted by Crippen LogP contribution is 2.27. The van der Waals surface area contributed by atoms with Crippen LogP contribution in [0.1, 0.15) is 5.56 Å². The molecule has 0 bridgehead atoms. The molecule has 0 unspecified atom stereocenters. The van der Waals surface area contributed by atoms with E-state index in [4.69, 9.17) is 16.3 Å². The molecule has 0 aliphatic heterocycles. The number of methoxy groups -OCH3 is 1. The van der Waals surface area contributed by atoms with Crippen molar-refractivity contribution in [2.24, 2.45) is 0 Å². The number of thioether (sulfide) groups is 1. The molecule has 0 aliphatic carbocycles. The summed E-state index contributed by atoms with van der Waals surface area (Å²) in [6.07, 6.45) is 1.63. The average molecular weight is 302 g/mol. The van der Waals surface area contributed by atoms with E-state index in [1.54, 1.807) is 25.6 Å². The molecule has 0 N–H and O–H groups in total. The second kappa shape index (κ2) is 6.88. The summed E-state index contributed by atoms with van der Waals surface area (Å²) in [5.41, 5.74) is 0.482. The minimum absolute atomic E-state index is 0.303. The smallest absolute Gasteiger partial charge is 0.191 e. The van der Waals surface area contributed by atoms with E-state index >= 15 is 0 Å². The van der Waals surface area contributed by atoms with Crippen LogP contribution in [-0.4, -0.2) is 28.5 Å². The van der Waals surface area contributed by atoms with Gasteiger partial charge in [-0.05, 0) is 12.1 Å². The fourth-order valence-electron chi connectivity index (χ4n) is 1.51. The maximum Gasteiger partial charge on any atom is 0.191 e. The minimum atomic E-state index is -0.303. The van der Waals surface area contributed by atoms with Crippen molar-refractivity contribution in [3.05, 3.63) is 40.9 Å². The molecule has 0 saturated carbocycles. The third-order valence-corrected chi connectivity index (χ3v) is 3.89. The van der Waals surface area contributed by atoms with Gasteiger partial charge in [-0.3, -0.25) is 0 Å². The van der Waals surface area contributed by atoms with Crippen molar-refractivity contribution in [1.82, 2.24) is 14.8 Å². The Balaban J connectivity index is 2.04. The summed E-state index contributed by atoms with van der Waals surface area (Å²) in [7, 11) is 1.64. The lowest BCUT2D eigenvalue weighted by molar-refractivity contribution is 0.184. The van der Waals surface area contributed by atoms with Crippen LogP contribution in [0.3, 0.4) is 0 Å². The lowest BCUT2D eigenvalue weighted by atomic mass is 10.2. The van der Waals surface area contributed by atoms with E-state index in [1.165, 1.54) is 17.8 Å². The number of nitrogens with zero attached hydrogens (tertiary/aromatic N) is 3. The lowest BCUT2D eigenvalue weighted by Gasteiger charge is -2.07. The van der Waals surface area contributed by atoms with Crippen molar-refractivity contribution in [3.63, 3.8) is 0 Å². The van der Waals surface area contributed by atoms with Crippen LogP contribution >= 0.6 is 23.4 Å². The maximum absolute atomic E-state index is 13.6. The van der Waals surface area contributed by atoms with Crippen LogP contribution in [0.5, 0.6) is 0 Å². The molecular weight excluding hydrogens is 289 g/mol. The first kappa shape index (κ1) is 14.3. The molecular formula is C12H13ClFN3OS. The van der Waals surface area contributed by atoms with Crippen LogP contribution < -0.4 is 0 Å². The van der Waals surface area contributed by atoms with Crippen molar-refractivity contribution < 1.29 is 9.13 Å². The molecule has 1 aromatic heterocycles. The van der Waals surface area contributed by atoms with Gasteiger partial charge in [-0.2, -0.15) is 0 Å². The van der Waals surface area contributed by atoms with E-state index in [1.807, 2.05) is 4.57 Å². The number of halogens is 2. The van der Waals surface area contributed by atoms with Crippen molar-refractivity contribution >= 4 is 23.4 Å². The van der Waals surface area contributed by atoms with E-state index in [0.29, 0.717) is 29.5 Å². The Bertz CT molecular complexity index is 529. The first-order valence-corrected chi connectivity index (χ1v) is 7.01. The van der Waals surface area contributed by atoms with Crippen LogP contribution in [0.15, 0.2) is 29.7 Å². The monoisotopic (exact) mass is 301 g/mol. The molecule has 0 spiro atoms. The zero-order valence-electron chi connectivity index (χ0n) is 10.3. The lowest BCUT2D eigenvalue weighted by Crippen LogP contribution is -2.04. The molecule has 1 heterocycles. The molecule has 1 aromatic carbocycles. The van der Waals surface area contributed by atoms with E-state index in [2.05, 4.69) is 10.2 Å². The van der Waals surface area contributed by atoms with Gasteiger partial charge in [-0.15, -0.1) is 10.2 Å². The highest BCUT2D eigenvalue weighted by molar-refractivity contribution is 7.98. The molecule has 102 valence electrons. The van der Waals surface area contributed by atoms with Crippen molar-refractivity contribution in [1.29, 1.82) is 0 Å². The second-order valence-electron chi connectivity index (χ2n) is 3.79. The molecule has 2 aromatic rings. The Hall–Kier alpha value is -1.11. The van der Waals surface area contributed by atoms with Gasteiger partial charge in [0, 0.05) is 30.0 Å². The molecule has 0 radical (unpaired) electrons. The van der Waals surface area contributed by atoms with E-state index < -0.39 is 0 Å². The highest BCUT2D eigenvalue weighted by Gasteiger charge is 2.10. The van der Waals surface area contributed by atoms with Gasteiger partial charge >= 0.3 is 0 Å². The highest BCUT2D eigenvalue weighted by atomic mass is 35.5. The molecule has 7 heteroatoms. The van der Waals surface area contributed by atoms with Crippen LogP contribution in [0.4, 0.5) is 4.39 Å². The first-order valence-electron chi connectivity index (χ1n) is 5.65. The van der Waals surface area contributed by atoms with Gasteiger partial charge in [0.2, 0.25) is 0 Å². The zero-order chi connectivity index (χ0) is 13.7. The van der Waals surface area contributed by atoms with E-state index in [9.17, 15) is 4.39 Å². The Labute approximate surface area is 119 Å². The van der Waals surface area contributed by atoms with Crippen LogP contribution in [0, 0.1) is 5.82 Å². The summed E-state index contributed by atoms with van der Waals surface area (Å²) in [6, 6.07) is 4.67. The van der Waals surface area contributed by atoms with Crippen LogP contribution in [-0.2, 0) is 17.0 Å². The Morgan fingerprint density at radius 1 is 1.47 bits per heavy atom. The minimum Gasteiger partial charge on any atom is -0.383 e. The maximum atomic E-state index is 13.6. The third kappa shape index (κ3) is 3.68. The number of rotatable bonds is 6. The average Bonchev–Trinajstić information content (AvgIpc) is 2.83. The fraction of sp³-hybridized carbons (Fsp3) is 0.333. The van der Waals surface area contributed by atoms with E-state index in [-0.39, 0.29) is 5.82 Å². The zero-order valence-corrected chi connectivity index (χ0v) is 11.9. The predicted octanol–water partition coefficient (Wildman–Crippen LogP) is 3.01. The molecule has 0 saturated heterocycles. The Morgan fingerprint density at radius 2 is 2.32 bits per heavy atom. The summed E-state index contributed by atoms with van der Waals surface area (Å²) in [4.78, 5) is 0. The van der Waals surface area contributed by atoms with Gasteiger partial charge in [0.25, 0.3) is 0 Å². The normalized spacial score (nSPS) is 10.9. The molecule has 0 aliphatic rings. The van der Waals surface area contributed by atoms with Crippen molar-refractivity contribution in [2.75, 3.05) is 13.7 Å². The fourth-order valence-corrected chi connectivity index (χ4v) is 2.79. The van der Waals surface area contributed by atoms with Gasteiger partial charge in [0.1, 0.15) is 12.1 Å². The summed E-state index contributed by atoms with van der Waals surface area (Å²) in [5.74, 6) is 0.111. The third-order valence-electron chi connectivity index (χ3n) is 2.52. The molecule has 2 rings (SSSR count). The van der Waals surface area contributed by atoms with Crippen molar-refractivity contribution in [2.45, 2.75) is 17.5 Å². The first-order chi connectivity index (χ1) is 9.22. The molecule has 0 atom stereocenters. The summed E-state index contributed by atoms with van der Waals surface area (Å²) < 4.78 is 20.5. The SMILES string of the molecule is COCCn1cnnc1SCc1c(F)cccc1Cl. The van der Waals surface area contributed by atoms with Gasteiger partial charge in [0.15, 0.2) is 5.16 Å². The predicted molar refractivity (Wildman–Crippen MR) is 72.9 cm³/mol. The summed E-state index contributed by atoms with van der Waals surface area (Å²) in [5, 5.41) is 8.99. The van der Waals surface area contributed by atoms with Crippen molar-refractivity contribution in [3.8, 4) is 0 Å². The topological polar surface area (TPSA) is 39.9 Å². The van der Waals surface area contributed by atoms with Gasteiger partial charge in [0.05, 0.1) is 6.61 Å². The molecule has 19 heavy (non-hydrogen) atoms. The summed E-state index contributed by atoms with van der Waals surface area (Å²) in [6.45, 7) is 1.24. The number of aromatic nitrogens is 3. The number of ether oxygens (including phenoxy) is 1. The number of benzene rings is 1. The summed E-state index contributed by atoms with van der Waals surface area (Å²) >= 11 is 7.37. The van der Waals surface area contributed by atoms with Crippen LogP contribution in [0.2, 0.25) is 5.02 Å². The van der Waals surface area contributed by atoms with Gasteiger partial charge in [-0.25, -0.2) is 4.39 Å². The number of hydrogen-bond donors (Lipinski definition) is 0. The van der Waals surface area contributed by atoms with Gasteiger partial charge in [-0.1, -0.05) is 29.4 Å². The van der Waals surface area contributed by atoms with Gasteiger partial charge < -0.3 is 9.30 Å². The largest absolute Gasteiger partial charge is 0.383 e. The standard InChI is InChI=1S/C12H13ClFN3OS/c1-18-6-5-17-8-15-16-12(17)19-7-9-10(13)3-2-4-11(9)14/h2-4,8H,5-7H2,1H3.